The van der Waals surface area contributed by atoms with Crippen LogP contribution in [0, 0.1) is 6.92 Å². The molecule has 0 unspecified atom stereocenters. The van der Waals surface area contributed by atoms with Crippen LogP contribution in [0.15, 0.2) is 36.5 Å². The Morgan fingerprint density at radius 2 is 1.78 bits per heavy atom. The maximum Gasteiger partial charge on any atom is 0.203 e. The molecule has 2 aromatic heterocycles. The van der Waals surface area contributed by atoms with Crippen molar-refractivity contribution in [2.45, 2.75) is 56.5 Å². The number of benzene rings is 1. The second-order valence-electron chi connectivity index (χ2n) is 8.13. The number of nitrogens with zero attached hydrogens (tertiary/aromatic N) is 3. The zero-order valence-corrected chi connectivity index (χ0v) is 16.0. The number of pyridine rings is 1. The van der Waals surface area contributed by atoms with Crippen molar-refractivity contribution in [2.75, 3.05) is 0 Å². The van der Waals surface area contributed by atoms with Gasteiger partial charge in [0.15, 0.2) is 5.75 Å². The van der Waals surface area contributed by atoms with Crippen molar-refractivity contribution in [1.29, 1.82) is 0 Å². The zero-order valence-electron chi connectivity index (χ0n) is 15.3. The van der Waals surface area contributed by atoms with Crippen LogP contribution in [0.4, 0.5) is 0 Å². The summed E-state index contributed by atoms with van der Waals surface area (Å²) >= 11 is 6.30. The van der Waals surface area contributed by atoms with E-state index in [0.717, 1.165) is 49.9 Å². The lowest BCUT2D eigenvalue weighted by Gasteiger charge is -2.49. The van der Waals surface area contributed by atoms with E-state index < -0.39 is 5.60 Å². The van der Waals surface area contributed by atoms with Gasteiger partial charge in [-0.1, -0.05) is 17.7 Å². The van der Waals surface area contributed by atoms with Crippen molar-refractivity contribution in [3.63, 3.8) is 0 Å². The van der Waals surface area contributed by atoms with E-state index in [-0.39, 0.29) is 5.41 Å². The van der Waals surface area contributed by atoms with Crippen molar-refractivity contribution < 1.29 is 9.84 Å². The van der Waals surface area contributed by atoms with Gasteiger partial charge in [0.05, 0.1) is 10.6 Å². The summed E-state index contributed by atoms with van der Waals surface area (Å²) in [4.78, 5) is 0. The second-order valence-corrected chi connectivity index (χ2v) is 8.54. The average Bonchev–Trinajstić information content (AvgIpc) is 3.12. The van der Waals surface area contributed by atoms with Crippen molar-refractivity contribution in [3.05, 3.63) is 52.9 Å². The third-order valence-electron chi connectivity index (χ3n) is 6.39. The topological polar surface area (TPSA) is 59.7 Å². The lowest BCUT2D eigenvalue weighted by molar-refractivity contribution is -0.0682. The fourth-order valence-corrected chi connectivity index (χ4v) is 4.80. The predicted molar refractivity (Wildman–Crippen MR) is 104 cm³/mol. The summed E-state index contributed by atoms with van der Waals surface area (Å²) < 4.78 is 8.15. The summed E-state index contributed by atoms with van der Waals surface area (Å²) in [7, 11) is 0. The SMILES string of the molecule is Cc1ccc(Cl)c(Oc2cccn3c(C45CCC(O)(CC4)CC5)nnc23)c1. The largest absolute Gasteiger partial charge is 0.452 e. The van der Waals surface area contributed by atoms with E-state index >= 15 is 0 Å². The van der Waals surface area contributed by atoms with Crippen molar-refractivity contribution in [1.82, 2.24) is 14.6 Å². The van der Waals surface area contributed by atoms with Gasteiger partial charge in [0.25, 0.3) is 0 Å². The third-order valence-corrected chi connectivity index (χ3v) is 6.70. The van der Waals surface area contributed by atoms with Gasteiger partial charge in [-0.15, -0.1) is 10.2 Å². The van der Waals surface area contributed by atoms with Crippen LogP contribution < -0.4 is 4.74 Å². The molecule has 3 saturated carbocycles. The number of halogens is 1. The molecule has 2 bridgehead atoms. The summed E-state index contributed by atoms with van der Waals surface area (Å²) in [5.41, 5.74) is 1.33. The average molecular weight is 384 g/mol. The number of ether oxygens (including phenoxy) is 1. The summed E-state index contributed by atoms with van der Waals surface area (Å²) in [6.07, 6.45) is 7.40. The lowest BCUT2D eigenvalue weighted by atomic mass is 9.58. The van der Waals surface area contributed by atoms with Gasteiger partial charge in [-0.05, 0) is 75.3 Å². The van der Waals surface area contributed by atoms with Crippen LogP contribution in [0.25, 0.3) is 5.65 Å². The summed E-state index contributed by atoms with van der Waals surface area (Å²) in [5, 5.41) is 20.1. The first-order valence-electron chi connectivity index (χ1n) is 9.49. The smallest absolute Gasteiger partial charge is 0.203 e. The first kappa shape index (κ1) is 17.0. The molecule has 0 atom stereocenters. The summed E-state index contributed by atoms with van der Waals surface area (Å²) in [5.74, 6) is 2.25. The number of aromatic nitrogens is 3. The Morgan fingerprint density at radius 1 is 1.04 bits per heavy atom. The molecule has 5 nitrogen and oxygen atoms in total. The highest BCUT2D eigenvalue weighted by molar-refractivity contribution is 6.32. The Bertz CT molecular complexity index is 1000. The fraction of sp³-hybridized carbons (Fsp3) is 0.429. The quantitative estimate of drug-likeness (QED) is 0.704. The highest BCUT2D eigenvalue weighted by atomic mass is 35.5. The van der Waals surface area contributed by atoms with E-state index in [2.05, 4.69) is 14.6 Å². The highest BCUT2D eigenvalue weighted by Crippen LogP contribution is 2.53. The molecule has 6 heteroatoms. The molecule has 0 amide bonds. The Hall–Kier alpha value is -2.11. The molecule has 3 aromatic rings. The predicted octanol–water partition coefficient (Wildman–Crippen LogP) is 4.82. The normalized spacial score (nSPS) is 27.2. The molecule has 1 N–H and O–H groups in total. The van der Waals surface area contributed by atoms with E-state index in [1.54, 1.807) is 0 Å². The van der Waals surface area contributed by atoms with Crippen LogP contribution in [0.1, 0.15) is 49.9 Å². The molecule has 0 saturated heterocycles. The number of aliphatic hydroxyl groups is 1. The maximum absolute atomic E-state index is 10.5. The molecule has 3 aliphatic carbocycles. The number of hydrogen-bond donors (Lipinski definition) is 1. The fourth-order valence-electron chi connectivity index (χ4n) is 4.64. The standard InChI is InChI=1S/C21H22ClN3O2/c1-14-4-5-15(22)17(13-14)27-16-3-2-12-25-18(16)23-24-19(25)20-6-9-21(26,10-7-20)11-8-20/h2-5,12-13,26H,6-11H2,1H3. The van der Waals surface area contributed by atoms with E-state index in [1.807, 2.05) is 43.5 Å². The minimum Gasteiger partial charge on any atom is -0.452 e. The summed E-state index contributed by atoms with van der Waals surface area (Å²) in [6.45, 7) is 2.01. The number of hydrogen-bond acceptors (Lipinski definition) is 4. The maximum atomic E-state index is 10.5. The molecular formula is C21H22ClN3O2. The minimum absolute atomic E-state index is 0.00347. The van der Waals surface area contributed by atoms with E-state index in [9.17, 15) is 5.11 Å². The van der Waals surface area contributed by atoms with Crippen LogP contribution in [-0.2, 0) is 5.41 Å². The summed E-state index contributed by atoms with van der Waals surface area (Å²) in [6, 6.07) is 9.57. The molecule has 0 radical (unpaired) electrons. The molecule has 3 fully saturated rings. The minimum atomic E-state index is -0.460. The Morgan fingerprint density at radius 3 is 2.52 bits per heavy atom. The molecule has 1 aromatic carbocycles. The van der Waals surface area contributed by atoms with Gasteiger partial charge < -0.3 is 9.84 Å². The lowest BCUT2D eigenvalue weighted by Crippen LogP contribution is -2.48. The molecule has 6 rings (SSSR count). The zero-order chi connectivity index (χ0) is 18.6. The monoisotopic (exact) mass is 383 g/mol. The molecule has 3 aliphatic rings. The van der Waals surface area contributed by atoms with Gasteiger partial charge in [0.1, 0.15) is 11.6 Å². The Kier molecular flexibility index (Phi) is 3.75. The number of aryl methyl sites for hydroxylation is 1. The Balaban J connectivity index is 1.55. The van der Waals surface area contributed by atoms with E-state index in [0.29, 0.717) is 22.2 Å². The third kappa shape index (κ3) is 2.72. The van der Waals surface area contributed by atoms with Gasteiger partial charge >= 0.3 is 0 Å². The highest BCUT2D eigenvalue weighted by Gasteiger charge is 2.50. The van der Waals surface area contributed by atoms with Gasteiger partial charge in [-0.2, -0.15) is 0 Å². The van der Waals surface area contributed by atoms with Crippen LogP contribution >= 0.6 is 11.6 Å². The number of rotatable bonds is 3. The molecule has 27 heavy (non-hydrogen) atoms. The number of fused-ring (bicyclic) bond motifs is 4. The van der Waals surface area contributed by atoms with E-state index in [4.69, 9.17) is 16.3 Å². The van der Waals surface area contributed by atoms with Crippen molar-refractivity contribution in [3.8, 4) is 11.5 Å². The van der Waals surface area contributed by atoms with E-state index in [1.165, 1.54) is 0 Å². The van der Waals surface area contributed by atoms with Gasteiger partial charge in [-0.25, -0.2) is 0 Å². The van der Waals surface area contributed by atoms with Gasteiger partial charge in [0.2, 0.25) is 5.65 Å². The Labute approximate surface area is 162 Å². The first-order chi connectivity index (χ1) is 13.0. The van der Waals surface area contributed by atoms with Crippen LogP contribution in [-0.4, -0.2) is 25.3 Å². The first-order valence-corrected chi connectivity index (χ1v) is 9.87. The molecule has 2 heterocycles. The van der Waals surface area contributed by atoms with Gasteiger partial charge in [0, 0.05) is 11.6 Å². The van der Waals surface area contributed by atoms with Crippen LogP contribution in [0.5, 0.6) is 11.5 Å². The van der Waals surface area contributed by atoms with Crippen molar-refractivity contribution >= 4 is 17.2 Å². The molecular weight excluding hydrogens is 362 g/mol. The molecule has 0 aliphatic heterocycles. The van der Waals surface area contributed by atoms with Gasteiger partial charge in [-0.3, -0.25) is 4.40 Å². The molecule has 0 spiro atoms. The van der Waals surface area contributed by atoms with Crippen molar-refractivity contribution in [2.24, 2.45) is 0 Å². The van der Waals surface area contributed by atoms with Crippen LogP contribution in [0.2, 0.25) is 5.02 Å². The second kappa shape index (κ2) is 5.94. The molecule has 140 valence electrons. The van der Waals surface area contributed by atoms with Crippen LogP contribution in [0.3, 0.4) is 0 Å².